The average Bonchev–Trinajstić information content (AvgIpc) is 3.15. The highest BCUT2D eigenvalue weighted by Crippen LogP contribution is 2.23. The second kappa shape index (κ2) is 6.79. The number of methoxy groups -OCH3 is 1. The van der Waals surface area contributed by atoms with E-state index in [1.165, 1.54) is 0 Å². The molecule has 0 saturated carbocycles. The van der Waals surface area contributed by atoms with E-state index in [0.29, 0.717) is 23.4 Å². The Morgan fingerprint density at radius 1 is 0.962 bits per heavy atom. The number of hydrogen-bond acceptors (Lipinski definition) is 6. The molecule has 0 bridgehead atoms. The lowest BCUT2D eigenvalue weighted by Crippen LogP contribution is -2.02. The van der Waals surface area contributed by atoms with Gasteiger partial charge in [0.1, 0.15) is 18.2 Å². The van der Waals surface area contributed by atoms with Crippen LogP contribution in [0.3, 0.4) is 0 Å². The molecule has 0 radical (unpaired) electrons. The Morgan fingerprint density at radius 3 is 2.58 bits per heavy atom. The van der Waals surface area contributed by atoms with Crippen LogP contribution in [0.4, 0.5) is 0 Å². The van der Waals surface area contributed by atoms with Crippen LogP contribution in [0.2, 0.25) is 0 Å². The zero-order chi connectivity index (χ0) is 17.9. The van der Waals surface area contributed by atoms with Gasteiger partial charge in [0.15, 0.2) is 11.6 Å². The molecule has 0 fully saturated rings. The van der Waals surface area contributed by atoms with Crippen molar-refractivity contribution in [1.29, 1.82) is 0 Å². The van der Waals surface area contributed by atoms with Gasteiger partial charge in [0.25, 0.3) is 0 Å². The Bertz CT molecular complexity index is 1040. The van der Waals surface area contributed by atoms with E-state index in [1.807, 2.05) is 55.5 Å². The third kappa shape index (κ3) is 3.19. The van der Waals surface area contributed by atoms with Gasteiger partial charge in [-0.2, -0.15) is 10.1 Å². The number of nitrogens with zero attached hydrogens (tertiary/aromatic N) is 4. The molecule has 2 aromatic carbocycles. The Morgan fingerprint density at radius 2 is 1.77 bits per heavy atom. The third-order valence-corrected chi connectivity index (χ3v) is 3.91. The molecule has 4 rings (SSSR count). The molecule has 4 aromatic rings. The van der Waals surface area contributed by atoms with Crippen LogP contribution in [0, 0.1) is 6.92 Å². The lowest BCUT2D eigenvalue weighted by molar-refractivity contribution is 0.287. The molecule has 7 nitrogen and oxygen atoms in total. The third-order valence-electron chi connectivity index (χ3n) is 3.91. The SMILES string of the molecule is COc1ccc(-c2n[nH]c(COc3nc(C)nc4ccccc34)n2)cc1. The Labute approximate surface area is 150 Å². The van der Waals surface area contributed by atoms with Crippen LogP contribution in [0.25, 0.3) is 22.3 Å². The van der Waals surface area contributed by atoms with Crippen molar-refractivity contribution in [3.8, 4) is 23.0 Å². The maximum Gasteiger partial charge on any atom is 0.225 e. The van der Waals surface area contributed by atoms with Gasteiger partial charge in [-0.25, -0.2) is 9.97 Å². The summed E-state index contributed by atoms with van der Waals surface area (Å²) in [6.07, 6.45) is 0. The maximum atomic E-state index is 5.87. The van der Waals surface area contributed by atoms with Crippen molar-refractivity contribution in [3.63, 3.8) is 0 Å². The number of para-hydroxylation sites is 1. The molecule has 2 aromatic heterocycles. The first-order valence-electron chi connectivity index (χ1n) is 8.15. The first-order chi connectivity index (χ1) is 12.7. The number of nitrogens with one attached hydrogen (secondary N) is 1. The molecule has 1 N–H and O–H groups in total. The largest absolute Gasteiger partial charge is 0.497 e. The molecule has 0 saturated heterocycles. The number of ether oxygens (including phenoxy) is 2. The van der Waals surface area contributed by atoms with E-state index in [9.17, 15) is 0 Å². The first kappa shape index (κ1) is 16.0. The molecule has 0 aliphatic heterocycles. The molecule has 26 heavy (non-hydrogen) atoms. The Kier molecular flexibility index (Phi) is 4.18. The summed E-state index contributed by atoms with van der Waals surface area (Å²) in [4.78, 5) is 13.3. The second-order valence-electron chi connectivity index (χ2n) is 5.72. The molecular weight excluding hydrogens is 330 g/mol. The number of rotatable bonds is 5. The van der Waals surface area contributed by atoms with Gasteiger partial charge in [-0.05, 0) is 43.3 Å². The summed E-state index contributed by atoms with van der Waals surface area (Å²) in [5, 5.41) is 8.02. The van der Waals surface area contributed by atoms with Crippen molar-refractivity contribution in [3.05, 3.63) is 60.2 Å². The minimum absolute atomic E-state index is 0.240. The van der Waals surface area contributed by atoms with E-state index < -0.39 is 0 Å². The molecule has 0 unspecified atom stereocenters. The van der Waals surface area contributed by atoms with Crippen LogP contribution in [0.15, 0.2) is 48.5 Å². The van der Waals surface area contributed by atoms with Crippen molar-refractivity contribution >= 4 is 10.9 Å². The van der Waals surface area contributed by atoms with E-state index in [0.717, 1.165) is 22.2 Å². The van der Waals surface area contributed by atoms with Gasteiger partial charge in [-0.3, -0.25) is 5.10 Å². The van der Waals surface area contributed by atoms with Crippen molar-refractivity contribution in [2.75, 3.05) is 7.11 Å². The highest BCUT2D eigenvalue weighted by atomic mass is 16.5. The lowest BCUT2D eigenvalue weighted by atomic mass is 10.2. The van der Waals surface area contributed by atoms with E-state index in [2.05, 4.69) is 25.1 Å². The molecule has 0 atom stereocenters. The first-order valence-corrected chi connectivity index (χ1v) is 8.15. The molecule has 0 spiro atoms. The minimum atomic E-state index is 0.240. The van der Waals surface area contributed by atoms with Crippen LogP contribution in [0.1, 0.15) is 11.6 Å². The van der Waals surface area contributed by atoms with E-state index in [-0.39, 0.29) is 6.61 Å². The van der Waals surface area contributed by atoms with Gasteiger partial charge in [-0.1, -0.05) is 12.1 Å². The summed E-state index contributed by atoms with van der Waals surface area (Å²) in [6.45, 7) is 2.08. The summed E-state index contributed by atoms with van der Waals surface area (Å²) >= 11 is 0. The van der Waals surface area contributed by atoms with Crippen LogP contribution in [-0.4, -0.2) is 32.3 Å². The van der Waals surface area contributed by atoms with E-state index in [1.54, 1.807) is 7.11 Å². The fourth-order valence-electron chi connectivity index (χ4n) is 2.63. The highest BCUT2D eigenvalue weighted by Gasteiger charge is 2.10. The number of H-pyrrole nitrogens is 1. The van der Waals surface area contributed by atoms with Gasteiger partial charge in [0.05, 0.1) is 18.0 Å². The lowest BCUT2D eigenvalue weighted by Gasteiger charge is -2.07. The van der Waals surface area contributed by atoms with Crippen molar-refractivity contribution in [2.24, 2.45) is 0 Å². The van der Waals surface area contributed by atoms with Gasteiger partial charge >= 0.3 is 0 Å². The second-order valence-corrected chi connectivity index (χ2v) is 5.72. The van der Waals surface area contributed by atoms with Gasteiger partial charge < -0.3 is 9.47 Å². The number of hydrogen-bond donors (Lipinski definition) is 1. The normalized spacial score (nSPS) is 10.8. The zero-order valence-corrected chi connectivity index (χ0v) is 14.4. The molecule has 7 heteroatoms. The summed E-state index contributed by atoms with van der Waals surface area (Å²) in [5.74, 6) is 3.22. The molecule has 130 valence electrons. The van der Waals surface area contributed by atoms with Crippen LogP contribution < -0.4 is 9.47 Å². The van der Waals surface area contributed by atoms with Gasteiger partial charge in [-0.15, -0.1) is 0 Å². The molecule has 0 amide bonds. The number of aromatic amines is 1. The van der Waals surface area contributed by atoms with Crippen LogP contribution >= 0.6 is 0 Å². The average molecular weight is 347 g/mol. The fourth-order valence-corrected chi connectivity index (χ4v) is 2.63. The summed E-state index contributed by atoms with van der Waals surface area (Å²) < 4.78 is 11.0. The predicted molar refractivity (Wildman–Crippen MR) is 97.0 cm³/mol. The standard InChI is InChI=1S/C19H17N5O2/c1-12-20-16-6-4-3-5-15(16)19(21-12)26-11-17-22-18(24-23-17)13-7-9-14(25-2)10-8-13/h3-10H,11H2,1-2H3,(H,22,23,24). The molecule has 0 aliphatic carbocycles. The Hall–Kier alpha value is -3.48. The number of fused-ring (bicyclic) bond motifs is 1. The summed E-state index contributed by atoms with van der Waals surface area (Å²) in [5.41, 5.74) is 1.75. The smallest absolute Gasteiger partial charge is 0.225 e. The summed E-state index contributed by atoms with van der Waals surface area (Å²) in [6, 6.07) is 15.3. The zero-order valence-electron chi connectivity index (χ0n) is 14.4. The van der Waals surface area contributed by atoms with Crippen molar-refractivity contribution < 1.29 is 9.47 Å². The van der Waals surface area contributed by atoms with Crippen molar-refractivity contribution in [1.82, 2.24) is 25.1 Å². The number of benzene rings is 2. The highest BCUT2D eigenvalue weighted by molar-refractivity contribution is 5.83. The molecular formula is C19H17N5O2. The van der Waals surface area contributed by atoms with Gasteiger partial charge in [0.2, 0.25) is 5.88 Å². The molecule has 2 heterocycles. The van der Waals surface area contributed by atoms with Gasteiger partial charge in [0, 0.05) is 5.56 Å². The summed E-state index contributed by atoms with van der Waals surface area (Å²) in [7, 11) is 1.63. The maximum absolute atomic E-state index is 5.87. The quantitative estimate of drug-likeness (QED) is 0.596. The van der Waals surface area contributed by atoms with Crippen LogP contribution in [0.5, 0.6) is 11.6 Å². The fraction of sp³-hybridized carbons (Fsp3) is 0.158. The van der Waals surface area contributed by atoms with E-state index >= 15 is 0 Å². The minimum Gasteiger partial charge on any atom is -0.497 e. The number of aryl methyl sites for hydroxylation is 1. The van der Waals surface area contributed by atoms with Crippen molar-refractivity contribution in [2.45, 2.75) is 13.5 Å². The predicted octanol–water partition coefficient (Wildman–Crippen LogP) is 3.31. The van der Waals surface area contributed by atoms with E-state index in [4.69, 9.17) is 9.47 Å². The molecule has 0 aliphatic rings. The van der Waals surface area contributed by atoms with Crippen LogP contribution in [-0.2, 0) is 6.61 Å². The Balaban J connectivity index is 1.53. The number of aromatic nitrogens is 5. The monoisotopic (exact) mass is 347 g/mol. The topological polar surface area (TPSA) is 85.8 Å².